The lowest BCUT2D eigenvalue weighted by molar-refractivity contribution is -0.0605. The number of carbonyl (C=O) groups is 1. The molecule has 1 saturated heterocycles. The van der Waals surface area contributed by atoms with Crippen LogP contribution in [0.2, 0.25) is 0 Å². The van der Waals surface area contributed by atoms with E-state index in [0.717, 1.165) is 0 Å². The van der Waals surface area contributed by atoms with Crippen LogP contribution < -0.4 is 5.32 Å². The highest BCUT2D eigenvalue weighted by Gasteiger charge is 2.30. The van der Waals surface area contributed by atoms with Crippen molar-refractivity contribution in [3.8, 4) is 0 Å². The quantitative estimate of drug-likeness (QED) is 0.848. The van der Waals surface area contributed by atoms with Crippen LogP contribution in [0.1, 0.15) is 23.2 Å². The summed E-state index contributed by atoms with van der Waals surface area (Å²) < 4.78 is 17.9. The van der Waals surface area contributed by atoms with E-state index >= 15 is 0 Å². The van der Waals surface area contributed by atoms with E-state index in [1.807, 2.05) is 0 Å². The number of carbonyl (C=O) groups excluding carboxylic acids is 1. The summed E-state index contributed by atoms with van der Waals surface area (Å²) in [5.41, 5.74) is -0.513. The largest absolute Gasteiger partial charge is 0.388 e. The first-order chi connectivity index (χ1) is 8.59. The summed E-state index contributed by atoms with van der Waals surface area (Å²) in [6.07, 6.45) is 1.02. The Balaban J connectivity index is 1.89. The van der Waals surface area contributed by atoms with E-state index in [2.05, 4.69) is 5.32 Å². The Morgan fingerprint density at radius 1 is 1.33 bits per heavy atom. The first kappa shape index (κ1) is 13.0. The van der Waals surface area contributed by atoms with Crippen molar-refractivity contribution in [2.45, 2.75) is 18.4 Å². The minimum absolute atomic E-state index is 0.187. The zero-order valence-corrected chi connectivity index (χ0v) is 9.99. The minimum Gasteiger partial charge on any atom is -0.388 e. The Bertz CT molecular complexity index is 413. The molecular formula is C13H16FNO3. The van der Waals surface area contributed by atoms with E-state index in [-0.39, 0.29) is 18.3 Å². The number of ether oxygens (including phenoxy) is 1. The van der Waals surface area contributed by atoms with Crippen molar-refractivity contribution in [3.05, 3.63) is 35.6 Å². The normalized spacial score (nSPS) is 18.3. The topological polar surface area (TPSA) is 58.6 Å². The Hall–Kier alpha value is -1.46. The van der Waals surface area contributed by atoms with Crippen LogP contribution in [0.15, 0.2) is 24.3 Å². The predicted octanol–water partition coefficient (Wildman–Crippen LogP) is 1.10. The van der Waals surface area contributed by atoms with Crippen LogP contribution in [0.5, 0.6) is 0 Å². The highest BCUT2D eigenvalue weighted by atomic mass is 19.1. The van der Waals surface area contributed by atoms with Gasteiger partial charge in [-0.3, -0.25) is 4.79 Å². The number of halogens is 1. The lowest BCUT2D eigenvalue weighted by atomic mass is 9.94. The second kappa shape index (κ2) is 5.46. The summed E-state index contributed by atoms with van der Waals surface area (Å²) in [5.74, 6) is -0.690. The zero-order chi connectivity index (χ0) is 13.0. The smallest absolute Gasteiger partial charge is 0.251 e. The summed E-state index contributed by atoms with van der Waals surface area (Å²) in [5, 5.41) is 12.8. The van der Waals surface area contributed by atoms with E-state index in [4.69, 9.17) is 4.74 Å². The number of aliphatic hydroxyl groups is 1. The predicted molar refractivity (Wildman–Crippen MR) is 63.7 cm³/mol. The molecule has 1 aliphatic heterocycles. The number of hydrogen-bond acceptors (Lipinski definition) is 3. The van der Waals surface area contributed by atoms with Gasteiger partial charge in [-0.05, 0) is 24.3 Å². The van der Waals surface area contributed by atoms with Gasteiger partial charge in [0.1, 0.15) is 5.82 Å². The van der Waals surface area contributed by atoms with Gasteiger partial charge in [0.15, 0.2) is 0 Å². The molecule has 4 nitrogen and oxygen atoms in total. The van der Waals surface area contributed by atoms with Crippen LogP contribution in [-0.2, 0) is 4.74 Å². The standard InChI is InChI=1S/C13H16FNO3/c14-11-3-1-10(2-4-11)12(16)15-9-13(17)5-7-18-8-6-13/h1-4,17H,5-9H2,(H,15,16). The number of benzene rings is 1. The molecule has 98 valence electrons. The highest BCUT2D eigenvalue weighted by molar-refractivity contribution is 5.94. The van der Waals surface area contributed by atoms with Crippen molar-refractivity contribution < 1.29 is 19.0 Å². The third-order valence-corrected chi connectivity index (χ3v) is 3.11. The fourth-order valence-corrected chi connectivity index (χ4v) is 1.88. The van der Waals surface area contributed by atoms with Gasteiger partial charge in [-0.15, -0.1) is 0 Å². The van der Waals surface area contributed by atoms with Gasteiger partial charge in [0.05, 0.1) is 5.60 Å². The maximum atomic E-state index is 12.7. The lowest BCUT2D eigenvalue weighted by Crippen LogP contribution is -2.46. The van der Waals surface area contributed by atoms with Gasteiger partial charge in [0.25, 0.3) is 5.91 Å². The van der Waals surface area contributed by atoms with E-state index in [1.165, 1.54) is 24.3 Å². The van der Waals surface area contributed by atoms with Crippen LogP contribution in [-0.4, -0.2) is 36.4 Å². The molecule has 1 heterocycles. The average Bonchev–Trinajstić information content (AvgIpc) is 2.38. The van der Waals surface area contributed by atoms with Crippen molar-refractivity contribution in [1.29, 1.82) is 0 Å². The van der Waals surface area contributed by atoms with Crippen LogP contribution in [0, 0.1) is 5.82 Å². The van der Waals surface area contributed by atoms with E-state index in [9.17, 15) is 14.3 Å². The molecule has 0 saturated carbocycles. The molecule has 2 rings (SSSR count). The SMILES string of the molecule is O=C(NCC1(O)CCOCC1)c1ccc(F)cc1. The van der Waals surface area contributed by atoms with Gasteiger partial charge in [0.2, 0.25) is 0 Å². The van der Waals surface area contributed by atoms with Crippen molar-refractivity contribution >= 4 is 5.91 Å². The first-order valence-electron chi connectivity index (χ1n) is 5.93. The molecule has 0 unspecified atom stereocenters. The molecule has 0 radical (unpaired) electrons. The molecule has 1 aromatic rings. The van der Waals surface area contributed by atoms with Gasteiger partial charge in [-0.1, -0.05) is 0 Å². The molecule has 18 heavy (non-hydrogen) atoms. The van der Waals surface area contributed by atoms with Crippen molar-refractivity contribution in [1.82, 2.24) is 5.32 Å². The molecule has 1 aliphatic rings. The van der Waals surface area contributed by atoms with Crippen LogP contribution in [0.3, 0.4) is 0 Å². The first-order valence-corrected chi connectivity index (χ1v) is 5.93. The average molecular weight is 253 g/mol. The lowest BCUT2D eigenvalue weighted by Gasteiger charge is -2.32. The minimum atomic E-state index is -0.895. The van der Waals surface area contributed by atoms with Gasteiger partial charge in [-0.25, -0.2) is 4.39 Å². The molecule has 2 N–H and O–H groups in total. The molecule has 0 aromatic heterocycles. The zero-order valence-electron chi connectivity index (χ0n) is 9.99. The Morgan fingerprint density at radius 3 is 2.56 bits per heavy atom. The van der Waals surface area contributed by atoms with Gasteiger partial charge in [-0.2, -0.15) is 0 Å². The van der Waals surface area contributed by atoms with Gasteiger partial charge < -0.3 is 15.2 Å². The fourth-order valence-electron chi connectivity index (χ4n) is 1.88. The monoisotopic (exact) mass is 253 g/mol. The van der Waals surface area contributed by atoms with Crippen molar-refractivity contribution in [2.24, 2.45) is 0 Å². The number of rotatable bonds is 3. The molecule has 1 aromatic carbocycles. The van der Waals surface area contributed by atoms with E-state index in [0.29, 0.717) is 31.6 Å². The Morgan fingerprint density at radius 2 is 1.94 bits per heavy atom. The number of hydrogen-bond donors (Lipinski definition) is 2. The summed E-state index contributed by atoms with van der Waals surface area (Å²) in [7, 11) is 0. The molecule has 0 spiro atoms. The second-order valence-electron chi connectivity index (χ2n) is 4.53. The summed E-state index contributed by atoms with van der Waals surface area (Å²) >= 11 is 0. The molecule has 0 aliphatic carbocycles. The Labute approximate surface area is 105 Å². The summed E-state index contributed by atoms with van der Waals surface area (Å²) in [6, 6.07) is 5.30. The van der Waals surface area contributed by atoms with E-state index in [1.54, 1.807) is 0 Å². The van der Waals surface area contributed by atoms with Crippen LogP contribution in [0.25, 0.3) is 0 Å². The number of amides is 1. The van der Waals surface area contributed by atoms with Crippen LogP contribution >= 0.6 is 0 Å². The maximum absolute atomic E-state index is 12.7. The summed E-state index contributed by atoms with van der Waals surface area (Å²) in [6.45, 7) is 1.19. The van der Waals surface area contributed by atoms with Crippen molar-refractivity contribution in [2.75, 3.05) is 19.8 Å². The summed E-state index contributed by atoms with van der Waals surface area (Å²) in [4.78, 5) is 11.8. The number of nitrogens with one attached hydrogen (secondary N) is 1. The fraction of sp³-hybridized carbons (Fsp3) is 0.462. The second-order valence-corrected chi connectivity index (χ2v) is 4.53. The molecule has 5 heteroatoms. The van der Waals surface area contributed by atoms with Crippen molar-refractivity contribution in [3.63, 3.8) is 0 Å². The maximum Gasteiger partial charge on any atom is 0.251 e. The van der Waals surface area contributed by atoms with Crippen LogP contribution in [0.4, 0.5) is 4.39 Å². The molecule has 0 atom stereocenters. The molecule has 1 fully saturated rings. The molecule has 0 bridgehead atoms. The molecular weight excluding hydrogens is 237 g/mol. The third-order valence-electron chi connectivity index (χ3n) is 3.11. The van der Waals surface area contributed by atoms with Gasteiger partial charge in [0, 0.05) is 38.2 Å². The Kier molecular flexibility index (Phi) is 3.93. The third kappa shape index (κ3) is 3.27. The molecule has 1 amide bonds. The van der Waals surface area contributed by atoms with Gasteiger partial charge >= 0.3 is 0 Å². The van der Waals surface area contributed by atoms with E-state index < -0.39 is 5.60 Å². The highest BCUT2D eigenvalue weighted by Crippen LogP contribution is 2.19.